The van der Waals surface area contributed by atoms with Gasteiger partial charge in [-0.15, -0.1) is 0 Å². The van der Waals surface area contributed by atoms with Gasteiger partial charge < -0.3 is 9.80 Å². The van der Waals surface area contributed by atoms with Gasteiger partial charge in [-0.3, -0.25) is 9.59 Å². The molecule has 0 atom stereocenters. The largest absolute Gasteiger partial charge is 0.377 e. The van der Waals surface area contributed by atoms with Gasteiger partial charge in [0.2, 0.25) is 0 Å². The summed E-state index contributed by atoms with van der Waals surface area (Å²) in [7, 11) is 0. The van der Waals surface area contributed by atoms with Crippen molar-refractivity contribution < 1.29 is 9.59 Å². The summed E-state index contributed by atoms with van der Waals surface area (Å²) in [6.45, 7) is 21.7. The van der Waals surface area contributed by atoms with E-state index in [9.17, 15) is 9.59 Å². The van der Waals surface area contributed by atoms with Crippen molar-refractivity contribution in [3.63, 3.8) is 0 Å². The van der Waals surface area contributed by atoms with Crippen LogP contribution in [0.4, 0.5) is 0 Å². The standard InChI is InChI=1S/C28H48N2O2/c1-21(2)17-29-15-13-27(5,6)23(19-29)25(31)11-9-10-12-26(32)24-20-30(18-22(3)4)16-14-28(24,7)8/h19-22H,9-18H2,1-8H3. The second-order valence-electron chi connectivity index (χ2n) is 12.2. The van der Waals surface area contributed by atoms with Crippen molar-refractivity contribution >= 4 is 11.6 Å². The van der Waals surface area contributed by atoms with Gasteiger partial charge in [0, 0.05) is 62.6 Å². The van der Waals surface area contributed by atoms with E-state index in [1.54, 1.807) is 0 Å². The first-order chi connectivity index (χ1) is 14.8. The maximum Gasteiger partial charge on any atom is 0.160 e. The highest BCUT2D eigenvalue weighted by Gasteiger charge is 2.34. The van der Waals surface area contributed by atoms with Gasteiger partial charge in [0.15, 0.2) is 11.6 Å². The quantitative estimate of drug-likeness (QED) is 0.354. The third-order valence-corrected chi connectivity index (χ3v) is 6.99. The molecule has 0 aliphatic carbocycles. The van der Waals surface area contributed by atoms with Crippen LogP contribution in [0.1, 0.15) is 93.9 Å². The molecule has 2 aliphatic heterocycles. The number of rotatable bonds is 11. The monoisotopic (exact) mass is 444 g/mol. The minimum atomic E-state index is -0.0583. The number of Topliss-reactive ketones (excluding diaryl/α,β-unsaturated/α-hetero) is 2. The van der Waals surface area contributed by atoms with E-state index in [-0.39, 0.29) is 22.4 Å². The molecule has 0 N–H and O–H groups in total. The highest BCUT2D eigenvalue weighted by atomic mass is 16.1. The summed E-state index contributed by atoms with van der Waals surface area (Å²) in [5.41, 5.74) is 1.82. The molecule has 4 heteroatoms. The molecule has 0 amide bonds. The second kappa shape index (κ2) is 11.0. The molecule has 0 aromatic carbocycles. The molecule has 0 radical (unpaired) electrons. The summed E-state index contributed by atoms with van der Waals surface area (Å²) in [5, 5.41) is 0. The van der Waals surface area contributed by atoms with Crippen molar-refractivity contribution in [3.05, 3.63) is 23.5 Å². The van der Waals surface area contributed by atoms with Gasteiger partial charge in [0.05, 0.1) is 0 Å². The lowest BCUT2D eigenvalue weighted by atomic mass is 9.75. The lowest BCUT2D eigenvalue weighted by molar-refractivity contribution is -0.118. The van der Waals surface area contributed by atoms with Gasteiger partial charge in [-0.2, -0.15) is 0 Å². The number of carbonyl (C=O) groups is 2. The van der Waals surface area contributed by atoms with Gasteiger partial charge in [0.1, 0.15) is 0 Å². The topological polar surface area (TPSA) is 40.6 Å². The van der Waals surface area contributed by atoms with Gasteiger partial charge in [-0.05, 0) is 48.3 Å². The van der Waals surface area contributed by atoms with Crippen molar-refractivity contribution in [1.82, 2.24) is 9.80 Å². The first-order valence-electron chi connectivity index (χ1n) is 12.8. The first-order valence-corrected chi connectivity index (χ1v) is 12.8. The molecule has 0 unspecified atom stereocenters. The van der Waals surface area contributed by atoms with Gasteiger partial charge in [0.25, 0.3) is 0 Å². The number of nitrogens with zero attached hydrogens (tertiary/aromatic N) is 2. The van der Waals surface area contributed by atoms with E-state index < -0.39 is 0 Å². The van der Waals surface area contributed by atoms with Crippen molar-refractivity contribution in [1.29, 1.82) is 0 Å². The summed E-state index contributed by atoms with van der Waals surface area (Å²) in [6, 6.07) is 0. The highest BCUT2D eigenvalue weighted by Crippen LogP contribution is 2.37. The second-order valence-corrected chi connectivity index (χ2v) is 12.2. The number of carbonyl (C=O) groups excluding carboxylic acids is 2. The maximum atomic E-state index is 13.0. The summed E-state index contributed by atoms with van der Waals surface area (Å²) < 4.78 is 0. The lowest BCUT2D eigenvalue weighted by Crippen LogP contribution is -2.36. The summed E-state index contributed by atoms with van der Waals surface area (Å²) in [5.74, 6) is 1.70. The van der Waals surface area contributed by atoms with Gasteiger partial charge >= 0.3 is 0 Å². The van der Waals surface area contributed by atoms with Crippen molar-refractivity contribution in [2.45, 2.75) is 93.9 Å². The Labute approximate surface area is 197 Å². The number of hydrogen-bond donors (Lipinski definition) is 0. The summed E-state index contributed by atoms with van der Waals surface area (Å²) >= 11 is 0. The Morgan fingerprint density at radius 1 is 0.750 bits per heavy atom. The average Bonchev–Trinajstić information content (AvgIpc) is 2.66. The van der Waals surface area contributed by atoms with E-state index in [1.165, 1.54) is 0 Å². The van der Waals surface area contributed by atoms with Crippen molar-refractivity contribution in [2.75, 3.05) is 26.2 Å². The molecule has 2 aliphatic rings. The first kappa shape index (κ1) is 26.7. The van der Waals surface area contributed by atoms with Crippen LogP contribution in [0.5, 0.6) is 0 Å². The van der Waals surface area contributed by atoms with E-state index in [1.807, 2.05) is 0 Å². The fraction of sp³-hybridized carbons (Fsp3) is 0.786. The Morgan fingerprint density at radius 2 is 1.09 bits per heavy atom. The van der Waals surface area contributed by atoms with Crippen LogP contribution >= 0.6 is 0 Å². The van der Waals surface area contributed by atoms with Crippen LogP contribution < -0.4 is 0 Å². The maximum absolute atomic E-state index is 13.0. The van der Waals surface area contributed by atoms with Crippen LogP contribution in [-0.2, 0) is 9.59 Å². The summed E-state index contributed by atoms with van der Waals surface area (Å²) in [6.07, 6.45) is 8.93. The fourth-order valence-corrected chi connectivity index (χ4v) is 4.92. The molecule has 0 aromatic rings. The zero-order valence-electron chi connectivity index (χ0n) is 22.1. The normalized spacial score (nSPS) is 20.4. The van der Waals surface area contributed by atoms with Crippen LogP contribution in [0.3, 0.4) is 0 Å². The minimum absolute atomic E-state index is 0.0583. The molecule has 4 nitrogen and oxygen atoms in total. The molecule has 0 spiro atoms. The molecule has 0 saturated heterocycles. The molecular formula is C28H48N2O2. The average molecular weight is 445 g/mol. The van der Waals surface area contributed by atoms with E-state index in [0.717, 1.165) is 63.0 Å². The third kappa shape index (κ3) is 7.49. The highest BCUT2D eigenvalue weighted by molar-refractivity contribution is 5.97. The van der Waals surface area contributed by atoms with E-state index in [2.05, 4.69) is 77.6 Å². The Morgan fingerprint density at radius 3 is 1.41 bits per heavy atom. The number of unbranched alkanes of at least 4 members (excludes halogenated alkanes) is 1. The number of ketones is 2. The van der Waals surface area contributed by atoms with E-state index in [4.69, 9.17) is 0 Å². The molecular weight excluding hydrogens is 396 g/mol. The Balaban J connectivity index is 1.91. The molecule has 2 rings (SSSR count). The van der Waals surface area contributed by atoms with Gasteiger partial charge in [-0.25, -0.2) is 0 Å². The SMILES string of the molecule is CC(C)CN1C=C(C(=O)CCCCC(=O)C2=CN(CC(C)C)CCC2(C)C)C(C)(C)CC1. The van der Waals surface area contributed by atoms with Crippen molar-refractivity contribution in [3.8, 4) is 0 Å². The Hall–Kier alpha value is -1.58. The summed E-state index contributed by atoms with van der Waals surface area (Å²) in [4.78, 5) is 30.7. The zero-order valence-corrected chi connectivity index (χ0v) is 22.1. The zero-order chi connectivity index (χ0) is 24.1. The number of allylic oxidation sites excluding steroid dienone is 2. The van der Waals surface area contributed by atoms with E-state index >= 15 is 0 Å². The van der Waals surface area contributed by atoms with Crippen LogP contribution in [-0.4, -0.2) is 47.5 Å². The third-order valence-electron chi connectivity index (χ3n) is 6.99. The van der Waals surface area contributed by atoms with Crippen LogP contribution in [0.2, 0.25) is 0 Å². The smallest absolute Gasteiger partial charge is 0.160 e. The predicted molar refractivity (Wildman–Crippen MR) is 134 cm³/mol. The van der Waals surface area contributed by atoms with Crippen LogP contribution in [0.15, 0.2) is 23.5 Å². The predicted octanol–water partition coefficient (Wildman–Crippen LogP) is 6.23. The Bertz CT molecular complexity index is 666. The van der Waals surface area contributed by atoms with Crippen molar-refractivity contribution in [2.24, 2.45) is 22.7 Å². The molecule has 0 fully saturated rings. The number of hydrogen-bond acceptors (Lipinski definition) is 4. The molecule has 0 saturated carbocycles. The lowest BCUT2D eigenvalue weighted by Gasteiger charge is -2.38. The Kier molecular flexibility index (Phi) is 9.19. The molecule has 182 valence electrons. The molecule has 0 bridgehead atoms. The molecule has 2 heterocycles. The van der Waals surface area contributed by atoms with Crippen LogP contribution in [0.25, 0.3) is 0 Å². The van der Waals surface area contributed by atoms with Gasteiger partial charge in [-0.1, -0.05) is 55.4 Å². The molecule has 32 heavy (non-hydrogen) atoms. The molecule has 0 aromatic heterocycles. The van der Waals surface area contributed by atoms with Crippen LogP contribution in [0, 0.1) is 22.7 Å². The minimum Gasteiger partial charge on any atom is -0.377 e. The fourth-order valence-electron chi connectivity index (χ4n) is 4.92. The van der Waals surface area contributed by atoms with E-state index in [0.29, 0.717) is 24.7 Å².